The SMILES string of the molecule is C=C(C)/C=c1/oc(=O)ccc1=C.CC. The van der Waals surface area contributed by atoms with Gasteiger partial charge in [0, 0.05) is 11.3 Å². The summed E-state index contributed by atoms with van der Waals surface area (Å²) >= 11 is 0. The summed E-state index contributed by atoms with van der Waals surface area (Å²) in [6, 6.07) is 2.97. The Labute approximate surface area is 83.9 Å². The third-order valence-corrected chi connectivity index (χ3v) is 1.33. The first-order chi connectivity index (χ1) is 6.59. The molecule has 0 aliphatic rings. The summed E-state index contributed by atoms with van der Waals surface area (Å²) in [4.78, 5) is 10.8. The first-order valence-electron chi connectivity index (χ1n) is 4.56. The highest BCUT2D eigenvalue weighted by Gasteiger charge is 1.87. The summed E-state index contributed by atoms with van der Waals surface area (Å²) in [6.07, 6.45) is 1.68. The average molecular weight is 192 g/mol. The Morgan fingerprint density at radius 2 is 2.00 bits per heavy atom. The van der Waals surface area contributed by atoms with E-state index in [9.17, 15) is 4.79 Å². The van der Waals surface area contributed by atoms with E-state index >= 15 is 0 Å². The monoisotopic (exact) mass is 192 g/mol. The lowest BCUT2D eigenvalue weighted by molar-refractivity contribution is 0.474. The van der Waals surface area contributed by atoms with Crippen molar-refractivity contribution >= 4 is 12.7 Å². The molecule has 0 unspecified atom stereocenters. The smallest absolute Gasteiger partial charge is 0.336 e. The van der Waals surface area contributed by atoms with Crippen LogP contribution < -0.4 is 16.3 Å². The van der Waals surface area contributed by atoms with Gasteiger partial charge in [-0.05, 0) is 19.1 Å². The van der Waals surface area contributed by atoms with Gasteiger partial charge in [0.25, 0.3) is 0 Å². The van der Waals surface area contributed by atoms with Crippen LogP contribution in [0.2, 0.25) is 0 Å². The fourth-order valence-electron chi connectivity index (χ4n) is 0.805. The Hall–Kier alpha value is -1.57. The minimum absolute atomic E-state index is 0.366. The van der Waals surface area contributed by atoms with E-state index in [1.54, 1.807) is 12.1 Å². The molecule has 0 bridgehead atoms. The predicted octanol–water partition coefficient (Wildman–Crippen LogP) is 1.43. The minimum atomic E-state index is -0.366. The van der Waals surface area contributed by atoms with Gasteiger partial charge >= 0.3 is 5.63 Å². The van der Waals surface area contributed by atoms with Gasteiger partial charge in [-0.25, -0.2) is 4.79 Å². The van der Waals surface area contributed by atoms with E-state index in [0.717, 1.165) is 5.57 Å². The number of hydrogen-bond acceptors (Lipinski definition) is 2. The van der Waals surface area contributed by atoms with E-state index in [1.165, 1.54) is 6.07 Å². The molecule has 0 amide bonds. The lowest BCUT2D eigenvalue weighted by Gasteiger charge is -1.87. The lowest BCUT2D eigenvalue weighted by Crippen LogP contribution is -2.26. The van der Waals surface area contributed by atoms with E-state index in [0.29, 0.717) is 10.6 Å². The molecular formula is C12H16O2. The van der Waals surface area contributed by atoms with E-state index in [1.807, 2.05) is 20.8 Å². The summed E-state index contributed by atoms with van der Waals surface area (Å²) in [5.74, 6) is 0. The standard InChI is InChI=1S/C10H10O2.C2H6/c1-7(2)6-9-8(3)4-5-10(11)12-9;1-2/h4-6H,1,3H2,2H3;1-2H3/b9-6+;. The van der Waals surface area contributed by atoms with Gasteiger partial charge in [-0.15, -0.1) is 0 Å². The Morgan fingerprint density at radius 3 is 2.50 bits per heavy atom. The number of rotatable bonds is 1. The Balaban J connectivity index is 0.000000791. The van der Waals surface area contributed by atoms with Crippen LogP contribution in [0, 0.1) is 0 Å². The minimum Gasteiger partial charge on any atom is -0.423 e. The molecule has 0 fully saturated rings. The topological polar surface area (TPSA) is 30.2 Å². The average Bonchev–Trinajstić information content (AvgIpc) is 2.14. The third-order valence-electron chi connectivity index (χ3n) is 1.33. The Bertz CT molecular complexity index is 452. The second-order valence-electron chi connectivity index (χ2n) is 2.63. The molecule has 76 valence electrons. The third kappa shape index (κ3) is 3.90. The zero-order chi connectivity index (χ0) is 11.1. The summed E-state index contributed by atoms with van der Waals surface area (Å²) < 4.78 is 4.88. The molecule has 14 heavy (non-hydrogen) atoms. The quantitative estimate of drug-likeness (QED) is 0.674. The molecular weight excluding hydrogens is 176 g/mol. The van der Waals surface area contributed by atoms with E-state index in [-0.39, 0.29) is 5.63 Å². The van der Waals surface area contributed by atoms with Crippen molar-refractivity contribution in [1.29, 1.82) is 0 Å². The normalized spacial score (nSPS) is 10.4. The van der Waals surface area contributed by atoms with Crippen LogP contribution in [0.1, 0.15) is 20.8 Å². The molecule has 0 saturated heterocycles. The van der Waals surface area contributed by atoms with Crippen LogP contribution in [0.15, 0.2) is 33.5 Å². The predicted molar refractivity (Wildman–Crippen MR) is 60.4 cm³/mol. The number of hydrogen-bond donors (Lipinski definition) is 0. The molecule has 0 radical (unpaired) electrons. The Morgan fingerprint density at radius 1 is 1.43 bits per heavy atom. The van der Waals surface area contributed by atoms with Gasteiger partial charge < -0.3 is 4.42 Å². The molecule has 2 nitrogen and oxygen atoms in total. The van der Waals surface area contributed by atoms with Crippen LogP contribution in [0.25, 0.3) is 12.7 Å². The fraction of sp³-hybridized carbons (Fsp3) is 0.250. The molecule has 0 saturated carbocycles. The molecule has 1 aromatic heterocycles. The molecule has 1 heterocycles. The van der Waals surface area contributed by atoms with Gasteiger partial charge in [-0.3, -0.25) is 0 Å². The van der Waals surface area contributed by atoms with Gasteiger partial charge in [-0.2, -0.15) is 0 Å². The van der Waals surface area contributed by atoms with Crippen molar-refractivity contribution in [2.24, 2.45) is 0 Å². The van der Waals surface area contributed by atoms with Crippen molar-refractivity contribution < 1.29 is 4.42 Å². The van der Waals surface area contributed by atoms with Crippen molar-refractivity contribution in [1.82, 2.24) is 0 Å². The van der Waals surface area contributed by atoms with Crippen LogP contribution in [0.5, 0.6) is 0 Å². The maximum atomic E-state index is 10.8. The maximum Gasteiger partial charge on any atom is 0.336 e. The molecule has 1 aromatic rings. The van der Waals surface area contributed by atoms with Gasteiger partial charge in [0.15, 0.2) is 0 Å². The molecule has 2 heteroatoms. The second-order valence-corrected chi connectivity index (χ2v) is 2.63. The fourth-order valence-corrected chi connectivity index (χ4v) is 0.805. The lowest BCUT2D eigenvalue weighted by atomic mass is 10.3. The molecule has 0 spiro atoms. The van der Waals surface area contributed by atoms with Crippen LogP contribution in [-0.4, -0.2) is 0 Å². The van der Waals surface area contributed by atoms with Crippen molar-refractivity contribution in [2.75, 3.05) is 0 Å². The summed E-state index contributed by atoms with van der Waals surface area (Å²) in [5.41, 5.74) is 0.944. The van der Waals surface area contributed by atoms with E-state index in [4.69, 9.17) is 4.42 Å². The molecule has 0 aliphatic heterocycles. The zero-order valence-corrected chi connectivity index (χ0v) is 8.96. The van der Waals surface area contributed by atoms with Crippen LogP contribution in [0.4, 0.5) is 0 Å². The van der Waals surface area contributed by atoms with E-state index < -0.39 is 0 Å². The summed E-state index contributed by atoms with van der Waals surface area (Å²) in [5, 5.41) is 0.692. The summed E-state index contributed by atoms with van der Waals surface area (Å²) in [7, 11) is 0. The largest absolute Gasteiger partial charge is 0.423 e. The first kappa shape index (κ1) is 12.4. The maximum absolute atomic E-state index is 10.8. The van der Waals surface area contributed by atoms with Crippen LogP contribution >= 0.6 is 0 Å². The van der Waals surface area contributed by atoms with Crippen molar-refractivity contribution in [2.45, 2.75) is 20.8 Å². The van der Waals surface area contributed by atoms with Crippen molar-refractivity contribution in [3.05, 3.63) is 45.3 Å². The molecule has 0 aliphatic carbocycles. The van der Waals surface area contributed by atoms with Gasteiger partial charge in [0.2, 0.25) is 0 Å². The molecule has 0 atom stereocenters. The number of allylic oxidation sites excluding steroid dienone is 1. The molecule has 0 N–H and O–H groups in total. The molecule has 1 rings (SSSR count). The van der Waals surface area contributed by atoms with Crippen molar-refractivity contribution in [3.8, 4) is 0 Å². The first-order valence-corrected chi connectivity index (χ1v) is 4.56. The van der Waals surface area contributed by atoms with Crippen LogP contribution in [0.3, 0.4) is 0 Å². The zero-order valence-electron chi connectivity index (χ0n) is 8.96. The Kier molecular flexibility index (Phi) is 5.30. The molecule has 0 aromatic carbocycles. The second kappa shape index (κ2) is 5.97. The van der Waals surface area contributed by atoms with Gasteiger partial charge in [0.1, 0.15) is 5.42 Å². The van der Waals surface area contributed by atoms with Crippen molar-refractivity contribution in [3.63, 3.8) is 0 Å². The highest BCUT2D eigenvalue weighted by atomic mass is 16.4. The van der Waals surface area contributed by atoms with Crippen LogP contribution in [-0.2, 0) is 0 Å². The highest BCUT2D eigenvalue weighted by Crippen LogP contribution is 1.84. The summed E-state index contributed by atoms with van der Waals surface area (Å²) in [6.45, 7) is 13.2. The van der Waals surface area contributed by atoms with Gasteiger partial charge in [-0.1, -0.05) is 32.6 Å². The highest BCUT2D eigenvalue weighted by molar-refractivity contribution is 5.40. The van der Waals surface area contributed by atoms with E-state index in [2.05, 4.69) is 13.2 Å². The van der Waals surface area contributed by atoms with Gasteiger partial charge in [0.05, 0.1) is 0 Å².